The third-order valence-corrected chi connectivity index (χ3v) is 5.35. The van der Waals surface area contributed by atoms with Crippen LogP contribution in [0.1, 0.15) is 29.9 Å². The van der Waals surface area contributed by atoms with Crippen molar-refractivity contribution in [3.8, 4) is 11.1 Å². The molecule has 0 spiro atoms. The number of amides is 2. The number of aromatic nitrogens is 2. The van der Waals surface area contributed by atoms with E-state index in [2.05, 4.69) is 31.2 Å². The average Bonchev–Trinajstić information content (AvgIpc) is 2.82. The Labute approximate surface area is 202 Å². The van der Waals surface area contributed by atoms with Gasteiger partial charge in [-0.25, -0.2) is 9.97 Å². The van der Waals surface area contributed by atoms with Gasteiger partial charge in [0.15, 0.2) is 0 Å². The topological polar surface area (TPSA) is 132 Å². The Balaban J connectivity index is 2.08. The first kappa shape index (κ1) is 24.8. The van der Waals surface area contributed by atoms with Gasteiger partial charge in [0.25, 0.3) is 5.91 Å². The molecule has 5 N–H and O–H groups in total. The van der Waals surface area contributed by atoms with Gasteiger partial charge in [0.05, 0.1) is 11.1 Å². The van der Waals surface area contributed by atoms with Gasteiger partial charge >= 0.3 is 0 Å². The number of anilines is 3. The second-order valence-corrected chi connectivity index (χ2v) is 7.98. The molecule has 0 saturated heterocycles. The van der Waals surface area contributed by atoms with Gasteiger partial charge in [0.2, 0.25) is 5.91 Å². The molecule has 34 heavy (non-hydrogen) atoms. The monoisotopic (exact) mass is 479 g/mol. The molecule has 10 heteroatoms. The molecule has 3 aromatic rings. The Hall–Kier alpha value is -3.82. The standard InChI is InChI=1S/C24H26ClN7O2/c1-13(26)22-17(6-5-7-18(22)28-4)15-10-20(31-23(33)14(2)27-3)30-21(11-15)32-24(34)19-9-8-16(25)12-29-19/h5-12,14,26-28H,1-4H3,(H2,30,31,32,33,34). The largest absolute Gasteiger partial charge is 0.388 e. The normalized spacial score (nSPS) is 11.4. The molecular weight excluding hydrogens is 454 g/mol. The number of nitrogens with one attached hydrogen (secondary N) is 5. The lowest BCUT2D eigenvalue weighted by atomic mass is 9.95. The molecule has 2 heterocycles. The SMILES string of the molecule is CNc1cccc(-c2cc(NC(=O)c3ccc(Cl)cn3)nc(NC(=O)C(C)NC)c2)c1C(C)=N. The Bertz CT molecular complexity index is 1230. The number of halogens is 1. The molecule has 0 radical (unpaired) electrons. The van der Waals surface area contributed by atoms with E-state index < -0.39 is 11.9 Å². The molecule has 3 rings (SSSR count). The molecule has 0 aliphatic rings. The van der Waals surface area contributed by atoms with E-state index in [1.807, 2.05) is 18.2 Å². The Morgan fingerprint density at radius 1 is 1.06 bits per heavy atom. The van der Waals surface area contributed by atoms with E-state index in [1.54, 1.807) is 46.1 Å². The number of carbonyl (C=O) groups excluding carboxylic acids is 2. The highest BCUT2D eigenvalue weighted by Gasteiger charge is 2.17. The molecule has 1 atom stereocenters. The summed E-state index contributed by atoms with van der Waals surface area (Å²) >= 11 is 5.86. The molecule has 0 aliphatic carbocycles. The number of hydrogen-bond acceptors (Lipinski definition) is 7. The van der Waals surface area contributed by atoms with Crippen molar-refractivity contribution >= 4 is 46.5 Å². The van der Waals surface area contributed by atoms with E-state index in [9.17, 15) is 9.59 Å². The fourth-order valence-corrected chi connectivity index (χ4v) is 3.39. The minimum absolute atomic E-state index is 0.166. The van der Waals surface area contributed by atoms with Crippen LogP contribution in [-0.2, 0) is 4.79 Å². The maximum Gasteiger partial charge on any atom is 0.275 e. The summed E-state index contributed by atoms with van der Waals surface area (Å²) in [6.45, 7) is 3.42. The van der Waals surface area contributed by atoms with Crippen LogP contribution in [0.2, 0.25) is 5.02 Å². The maximum atomic E-state index is 12.7. The van der Waals surface area contributed by atoms with Gasteiger partial charge in [-0.1, -0.05) is 23.7 Å². The van der Waals surface area contributed by atoms with Crippen molar-refractivity contribution < 1.29 is 9.59 Å². The number of carbonyl (C=O) groups is 2. The van der Waals surface area contributed by atoms with Crippen LogP contribution in [0.4, 0.5) is 17.3 Å². The molecule has 0 bridgehead atoms. The molecule has 9 nitrogen and oxygen atoms in total. The second kappa shape index (κ2) is 10.9. The van der Waals surface area contributed by atoms with Gasteiger partial charge in [-0.15, -0.1) is 0 Å². The summed E-state index contributed by atoms with van der Waals surface area (Å²) in [5.74, 6) is -0.284. The minimum Gasteiger partial charge on any atom is -0.388 e. The van der Waals surface area contributed by atoms with Crippen LogP contribution in [0, 0.1) is 5.41 Å². The Kier molecular flexibility index (Phi) is 7.93. The number of nitrogens with zero attached hydrogens (tertiary/aromatic N) is 2. The molecule has 1 aromatic carbocycles. The smallest absolute Gasteiger partial charge is 0.275 e. The third-order valence-electron chi connectivity index (χ3n) is 5.12. The summed E-state index contributed by atoms with van der Waals surface area (Å²) in [5, 5.41) is 20.2. The molecule has 0 aliphatic heterocycles. The number of pyridine rings is 2. The maximum absolute atomic E-state index is 12.7. The summed E-state index contributed by atoms with van der Waals surface area (Å²) in [5.41, 5.74) is 3.43. The first-order valence-electron chi connectivity index (χ1n) is 10.5. The van der Waals surface area contributed by atoms with E-state index >= 15 is 0 Å². The van der Waals surface area contributed by atoms with Crippen molar-refractivity contribution in [1.82, 2.24) is 15.3 Å². The van der Waals surface area contributed by atoms with Gasteiger partial charge in [-0.3, -0.25) is 9.59 Å². The van der Waals surface area contributed by atoms with E-state index in [0.717, 1.165) is 11.3 Å². The zero-order chi connectivity index (χ0) is 24.8. The van der Waals surface area contributed by atoms with E-state index in [4.69, 9.17) is 17.0 Å². The van der Waals surface area contributed by atoms with Gasteiger partial charge in [0, 0.05) is 30.2 Å². The van der Waals surface area contributed by atoms with Gasteiger partial charge in [0.1, 0.15) is 17.3 Å². The Morgan fingerprint density at radius 2 is 1.76 bits per heavy atom. The third kappa shape index (κ3) is 5.75. The van der Waals surface area contributed by atoms with Crippen LogP contribution >= 0.6 is 11.6 Å². The van der Waals surface area contributed by atoms with Gasteiger partial charge in [-0.05, 0) is 62.4 Å². The van der Waals surface area contributed by atoms with Crippen LogP contribution < -0.4 is 21.3 Å². The summed E-state index contributed by atoms with van der Waals surface area (Å²) in [7, 11) is 3.47. The molecule has 0 fully saturated rings. The molecule has 1 unspecified atom stereocenters. The average molecular weight is 480 g/mol. The van der Waals surface area contributed by atoms with Crippen molar-refractivity contribution in [3.63, 3.8) is 0 Å². The predicted octanol–water partition coefficient (Wildman–Crippen LogP) is 4.03. The van der Waals surface area contributed by atoms with E-state index in [-0.39, 0.29) is 23.2 Å². The number of likely N-dealkylation sites (N-methyl/N-ethyl adjacent to an activating group) is 1. The van der Waals surface area contributed by atoms with Crippen molar-refractivity contribution in [2.75, 3.05) is 30.0 Å². The fourth-order valence-electron chi connectivity index (χ4n) is 3.28. The van der Waals surface area contributed by atoms with Crippen LogP contribution in [0.3, 0.4) is 0 Å². The molecule has 2 aromatic heterocycles. The summed E-state index contributed by atoms with van der Waals surface area (Å²) in [6.07, 6.45) is 1.38. The summed E-state index contributed by atoms with van der Waals surface area (Å²) < 4.78 is 0. The highest BCUT2D eigenvalue weighted by Crippen LogP contribution is 2.32. The van der Waals surface area contributed by atoms with E-state index in [1.165, 1.54) is 12.3 Å². The highest BCUT2D eigenvalue weighted by atomic mass is 35.5. The minimum atomic E-state index is -0.477. The molecule has 176 valence electrons. The quantitative estimate of drug-likeness (QED) is 0.310. The predicted molar refractivity (Wildman–Crippen MR) is 136 cm³/mol. The van der Waals surface area contributed by atoms with Gasteiger partial charge in [-0.2, -0.15) is 0 Å². The second-order valence-electron chi connectivity index (χ2n) is 7.54. The van der Waals surface area contributed by atoms with Crippen LogP contribution in [0.15, 0.2) is 48.7 Å². The Morgan fingerprint density at radius 3 is 2.35 bits per heavy atom. The van der Waals surface area contributed by atoms with Crippen molar-refractivity contribution in [3.05, 3.63) is 64.9 Å². The first-order chi connectivity index (χ1) is 16.2. The molecular formula is C24H26ClN7O2. The fraction of sp³-hybridized carbons (Fsp3) is 0.208. The number of benzene rings is 1. The van der Waals surface area contributed by atoms with Crippen LogP contribution in [0.5, 0.6) is 0 Å². The number of rotatable bonds is 8. The van der Waals surface area contributed by atoms with Crippen molar-refractivity contribution in [2.24, 2.45) is 0 Å². The summed E-state index contributed by atoms with van der Waals surface area (Å²) in [6, 6.07) is 11.6. The highest BCUT2D eigenvalue weighted by molar-refractivity contribution is 6.30. The van der Waals surface area contributed by atoms with Crippen LogP contribution in [0.25, 0.3) is 11.1 Å². The van der Waals surface area contributed by atoms with Crippen molar-refractivity contribution in [2.45, 2.75) is 19.9 Å². The first-order valence-corrected chi connectivity index (χ1v) is 10.9. The van der Waals surface area contributed by atoms with Crippen LogP contribution in [-0.4, -0.2) is 47.6 Å². The zero-order valence-electron chi connectivity index (χ0n) is 19.3. The summed E-state index contributed by atoms with van der Waals surface area (Å²) in [4.78, 5) is 33.7. The molecule has 0 saturated carbocycles. The van der Waals surface area contributed by atoms with Gasteiger partial charge < -0.3 is 26.7 Å². The number of hydrogen-bond donors (Lipinski definition) is 5. The lowest BCUT2D eigenvalue weighted by molar-refractivity contribution is -0.117. The van der Waals surface area contributed by atoms with E-state index in [0.29, 0.717) is 21.9 Å². The molecule has 2 amide bonds. The van der Waals surface area contributed by atoms with Crippen molar-refractivity contribution in [1.29, 1.82) is 5.41 Å². The lowest BCUT2D eigenvalue weighted by Crippen LogP contribution is -2.35. The zero-order valence-corrected chi connectivity index (χ0v) is 20.0. The lowest BCUT2D eigenvalue weighted by Gasteiger charge is -2.17.